The van der Waals surface area contributed by atoms with Crippen LogP contribution >= 0.6 is 11.3 Å². The molecule has 1 aliphatic rings. The van der Waals surface area contributed by atoms with Crippen LogP contribution in [0.4, 0.5) is 0 Å². The highest BCUT2D eigenvalue weighted by Crippen LogP contribution is 2.32. The Morgan fingerprint density at radius 1 is 1.12 bits per heavy atom. The molecular weight excluding hydrogens is 342 g/mol. The Labute approximate surface area is 144 Å². The summed E-state index contributed by atoms with van der Waals surface area (Å²) in [4.78, 5) is 33.3. The van der Waals surface area contributed by atoms with Gasteiger partial charge >= 0.3 is 5.69 Å². The van der Waals surface area contributed by atoms with Crippen molar-refractivity contribution >= 4 is 31.8 Å². The van der Waals surface area contributed by atoms with Gasteiger partial charge in [0.05, 0.1) is 11.2 Å². The standard InChI is InChI=1S/C17H11N3O4S/c21-16-14-13(10-2-1-5-18-15(10)25-14)19-17(22)20(16)9-3-4-11-12(8-9)24-7-6-23-11/h1-5,8H,6-7H2,(H,19,22). The van der Waals surface area contributed by atoms with E-state index in [0.29, 0.717) is 45.4 Å². The lowest BCUT2D eigenvalue weighted by molar-refractivity contribution is 0.171. The average molecular weight is 353 g/mol. The van der Waals surface area contributed by atoms with Crippen molar-refractivity contribution in [3.8, 4) is 17.2 Å². The van der Waals surface area contributed by atoms with Gasteiger partial charge in [-0.3, -0.25) is 4.79 Å². The topological polar surface area (TPSA) is 86.2 Å². The third-order valence-electron chi connectivity index (χ3n) is 4.08. The van der Waals surface area contributed by atoms with Gasteiger partial charge in [0.15, 0.2) is 11.5 Å². The summed E-state index contributed by atoms with van der Waals surface area (Å²) >= 11 is 1.26. The van der Waals surface area contributed by atoms with Crippen LogP contribution in [0.3, 0.4) is 0 Å². The summed E-state index contributed by atoms with van der Waals surface area (Å²) in [5.74, 6) is 1.12. The highest BCUT2D eigenvalue weighted by atomic mass is 32.1. The Balaban J connectivity index is 1.81. The fourth-order valence-corrected chi connectivity index (χ4v) is 4.00. The van der Waals surface area contributed by atoms with Gasteiger partial charge in [-0.2, -0.15) is 0 Å². The summed E-state index contributed by atoms with van der Waals surface area (Å²) in [6.45, 7) is 0.913. The van der Waals surface area contributed by atoms with Crippen LogP contribution in [0.2, 0.25) is 0 Å². The fraction of sp³-hybridized carbons (Fsp3) is 0.118. The molecule has 124 valence electrons. The first-order valence-electron chi connectivity index (χ1n) is 7.65. The maximum absolute atomic E-state index is 12.9. The number of nitrogens with zero attached hydrogens (tertiary/aromatic N) is 2. The molecular formula is C17H11N3O4S. The van der Waals surface area contributed by atoms with E-state index in [4.69, 9.17) is 9.47 Å². The van der Waals surface area contributed by atoms with Crippen molar-refractivity contribution in [3.63, 3.8) is 0 Å². The largest absolute Gasteiger partial charge is 0.486 e. The molecule has 0 atom stereocenters. The number of thiophene rings is 1. The van der Waals surface area contributed by atoms with Gasteiger partial charge in [0.1, 0.15) is 22.7 Å². The molecule has 25 heavy (non-hydrogen) atoms. The zero-order valence-electron chi connectivity index (χ0n) is 12.8. The first-order valence-corrected chi connectivity index (χ1v) is 8.46. The number of nitrogens with one attached hydrogen (secondary N) is 1. The lowest BCUT2D eigenvalue weighted by atomic mass is 10.2. The van der Waals surface area contributed by atoms with E-state index in [1.165, 1.54) is 11.3 Å². The Bertz CT molecular complexity index is 1250. The average Bonchev–Trinajstić information content (AvgIpc) is 3.01. The highest BCUT2D eigenvalue weighted by Gasteiger charge is 2.17. The zero-order chi connectivity index (χ0) is 17.0. The van der Waals surface area contributed by atoms with Crippen LogP contribution in [-0.4, -0.2) is 27.7 Å². The van der Waals surface area contributed by atoms with Crippen LogP contribution in [0, 0.1) is 0 Å². The molecule has 0 saturated heterocycles. The number of benzene rings is 1. The second-order valence-corrected chi connectivity index (χ2v) is 6.56. The number of hydrogen-bond acceptors (Lipinski definition) is 6. The van der Waals surface area contributed by atoms with Crippen molar-refractivity contribution in [2.75, 3.05) is 13.2 Å². The highest BCUT2D eigenvalue weighted by molar-refractivity contribution is 7.25. The van der Waals surface area contributed by atoms with E-state index in [1.807, 2.05) is 6.07 Å². The summed E-state index contributed by atoms with van der Waals surface area (Å²) < 4.78 is 12.6. The minimum absolute atomic E-state index is 0.376. The molecule has 0 radical (unpaired) electrons. The fourth-order valence-electron chi connectivity index (χ4n) is 2.97. The Morgan fingerprint density at radius 3 is 2.84 bits per heavy atom. The van der Waals surface area contributed by atoms with E-state index < -0.39 is 5.69 Å². The number of rotatable bonds is 1. The van der Waals surface area contributed by atoms with Crippen LogP contribution in [0.15, 0.2) is 46.1 Å². The van der Waals surface area contributed by atoms with Gasteiger partial charge < -0.3 is 14.5 Å². The van der Waals surface area contributed by atoms with Crippen LogP contribution in [0.25, 0.3) is 26.1 Å². The molecule has 8 heteroatoms. The SMILES string of the molecule is O=c1[nH]c2c(sc3ncccc32)c(=O)n1-c1ccc2c(c1)OCCO2. The third-order valence-corrected chi connectivity index (χ3v) is 5.18. The molecule has 0 spiro atoms. The van der Waals surface area contributed by atoms with E-state index in [1.54, 1.807) is 30.5 Å². The second-order valence-electron chi connectivity index (χ2n) is 5.56. The molecule has 4 aromatic rings. The number of pyridine rings is 1. The van der Waals surface area contributed by atoms with Crippen molar-refractivity contribution in [1.82, 2.24) is 14.5 Å². The molecule has 0 fully saturated rings. The Kier molecular flexibility index (Phi) is 2.95. The molecule has 0 bridgehead atoms. The first-order chi connectivity index (χ1) is 12.2. The Morgan fingerprint density at radius 2 is 1.96 bits per heavy atom. The van der Waals surface area contributed by atoms with Crippen molar-refractivity contribution in [2.24, 2.45) is 0 Å². The van der Waals surface area contributed by atoms with E-state index in [9.17, 15) is 9.59 Å². The summed E-state index contributed by atoms with van der Waals surface area (Å²) in [5, 5.41) is 0.769. The van der Waals surface area contributed by atoms with Gasteiger partial charge in [-0.25, -0.2) is 14.3 Å². The molecule has 1 N–H and O–H groups in total. The number of H-pyrrole nitrogens is 1. The van der Waals surface area contributed by atoms with Gasteiger partial charge in [0.2, 0.25) is 0 Å². The van der Waals surface area contributed by atoms with Crippen molar-refractivity contribution in [3.05, 3.63) is 57.4 Å². The summed E-state index contributed by atoms with van der Waals surface area (Å²) in [6, 6.07) is 8.63. The van der Waals surface area contributed by atoms with Crippen LogP contribution in [-0.2, 0) is 0 Å². The lowest BCUT2D eigenvalue weighted by Gasteiger charge is -2.19. The molecule has 1 aromatic carbocycles. The number of ether oxygens (including phenoxy) is 2. The first kappa shape index (κ1) is 14.2. The predicted molar refractivity (Wildman–Crippen MR) is 94.3 cm³/mol. The van der Waals surface area contributed by atoms with E-state index in [0.717, 1.165) is 9.95 Å². The minimum atomic E-state index is -0.502. The minimum Gasteiger partial charge on any atom is -0.486 e. The maximum Gasteiger partial charge on any atom is 0.333 e. The van der Waals surface area contributed by atoms with Gasteiger partial charge in [-0.15, -0.1) is 11.3 Å². The van der Waals surface area contributed by atoms with Crippen molar-refractivity contribution in [2.45, 2.75) is 0 Å². The lowest BCUT2D eigenvalue weighted by Crippen LogP contribution is -2.33. The van der Waals surface area contributed by atoms with Gasteiger partial charge in [-0.1, -0.05) is 0 Å². The number of aromatic nitrogens is 3. The molecule has 3 aromatic heterocycles. The molecule has 1 aliphatic heterocycles. The monoisotopic (exact) mass is 353 g/mol. The number of aromatic amines is 1. The molecule has 4 heterocycles. The smallest absolute Gasteiger partial charge is 0.333 e. The molecule has 0 saturated carbocycles. The number of fused-ring (bicyclic) bond motifs is 4. The van der Waals surface area contributed by atoms with E-state index in [-0.39, 0.29) is 5.56 Å². The zero-order valence-corrected chi connectivity index (χ0v) is 13.6. The molecule has 0 aliphatic carbocycles. The quantitative estimate of drug-likeness (QED) is 0.566. The normalized spacial score (nSPS) is 13.4. The van der Waals surface area contributed by atoms with E-state index >= 15 is 0 Å². The van der Waals surface area contributed by atoms with Crippen LogP contribution < -0.4 is 20.7 Å². The maximum atomic E-state index is 12.9. The Hall–Kier alpha value is -3.13. The van der Waals surface area contributed by atoms with Gasteiger partial charge in [0, 0.05) is 17.6 Å². The molecule has 7 nitrogen and oxygen atoms in total. The van der Waals surface area contributed by atoms with Gasteiger partial charge in [-0.05, 0) is 24.3 Å². The van der Waals surface area contributed by atoms with Crippen LogP contribution in [0.5, 0.6) is 11.5 Å². The van der Waals surface area contributed by atoms with Crippen molar-refractivity contribution in [1.29, 1.82) is 0 Å². The van der Waals surface area contributed by atoms with Crippen molar-refractivity contribution < 1.29 is 9.47 Å². The summed E-state index contributed by atoms with van der Waals surface area (Å²) in [7, 11) is 0. The third kappa shape index (κ3) is 2.07. The molecule has 0 amide bonds. The summed E-state index contributed by atoms with van der Waals surface area (Å²) in [6.07, 6.45) is 1.66. The van der Waals surface area contributed by atoms with Crippen LogP contribution in [0.1, 0.15) is 0 Å². The number of hydrogen-bond donors (Lipinski definition) is 1. The second kappa shape index (κ2) is 5.18. The van der Waals surface area contributed by atoms with Gasteiger partial charge in [0.25, 0.3) is 5.56 Å². The summed E-state index contributed by atoms with van der Waals surface area (Å²) in [5.41, 5.74) is 0.0795. The molecule has 0 unspecified atom stereocenters. The molecule has 5 rings (SSSR count). The van der Waals surface area contributed by atoms with E-state index in [2.05, 4.69) is 9.97 Å². The predicted octanol–water partition coefficient (Wildman–Crippen LogP) is 2.06.